The summed E-state index contributed by atoms with van der Waals surface area (Å²) in [5, 5.41) is 24.8. The van der Waals surface area contributed by atoms with Gasteiger partial charge >= 0.3 is 0 Å². The van der Waals surface area contributed by atoms with Crippen molar-refractivity contribution in [2.24, 2.45) is 0 Å². The molecule has 2 heterocycles. The first kappa shape index (κ1) is 16.2. The van der Waals surface area contributed by atoms with Crippen molar-refractivity contribution in [2.75, 3.05) is 0 Å². The molecule has 0 aliphatic heterocycles. The van der Waals surface area contributed by atoms with E-state index in [1.165, 1.54) is 6.07 Å². The number of phenols is 1. The number of aromatic hydroxyl groups is 1. The van der Waals surface area contributed by atoms with Gasteiger partial charge in [-0.1, -0.05) is 35.0 Å². The lowest BCUT2D eigenvalue weighted by Gasteiger charge is -2.12. The average Bonchev–Trinajstić information content (AvgIpc) is 3.13. The largest absolute Gasteiger partial charge is 0.506 e. The molecule has 1 N–H and O–H groups in total. The maximum atomic E-state index is 9.88. The Balaban J connectivity index is 2.20. The normalized spacial score (nSPS) is 11.0. The van der Waals surface area contributed by atoms with E-state index in [1.807, 2.05) is 42.7 Å². The number of halogens is 1. The molecule has 0 aliphatic carbocycles. The van der Waals surface area contributed by atoms with Crippen molar-refractivity contribution in [1.29, 1.82) is 5.26 Å². The summed E-state index contributed by atoms with van der Waals surface area (Å²) in [6, 6.07) is 15.0. The number of nitrogens with zero attached hydrogens (tertiary/aromatic N) is 3. The maximum Gasteiger partial charge on any atom is 0.143 e. The van der Waals surface area contributed by atoms with E-state index in [0.717, 1.165) is 22.2 Å². The fraction of sp³-hybridized carbons (Fsp3) is 0.100. The van der Waals surface area contributed by atoms with Gasteiger partial charge in [-0.3, -0.25) is 0 Å². The van der Waals surface area contributed by atoms with Crippen LogP contribution in [0.3, 0.4) is 0 Å². The third kappa shape index (κ3) is 2.27. The van der Waals surface area contributed by atoms with Crippen molar-refractivity contribution in [3.8, 4) is 28.8 Å². The number of aromatic nitrogens is 2. The van der Waals surface area contributed by atoms with Crippen molar-refractivity contribution in [1.82, 2.24) is 9.72 Å². The summed E-state index contributed by atoms with van der Waals surface area (Å²) in [6.45, 7) is 3.67. The van der Waals surface area contributed by atoms with Crippen LogP contribution >= 0.6 is 11.6 Å². The van der Waals surface area contributed by atoms with Crippen LogP contribution in [0.15, 0.2) is 47.0 Å². The van der Waals surface area contributed by atoms with Crippen LogP contribution in [-0.2, 0) is 0 Å². The molecule has 6 heteroatoms. The molecule has 0 amide bonds. The molecule has 0 saturated carbocycles. The van der Waals surface area contributed by atoms with Crippen molar-refractivity contribution < 1.29 is 9.63 Å². The van der Waals surface area contributed by atoms with Gasteiger partial charge in [0.05, 0.1) is 33.1 Å². The summed E-state index contributed by atoms with van der Waals surface area (Å²) in [4.78, 5) is 0. The van der Waals surface area contributed by atoms with Gasteiger partial charge in [0.1, 0.15) is 17.6 Å². The highest BCUT2D eigenvalue weighted by Crippen LogP contribution is 2.39. The Kier molecular flexibility index (Phi) is 3.71. The van der Waals surface area contributed by atoms with E-state index in [1.54, 1.807) is 12.1 Å². The average molecular weight is 364 g/mol. The quantitative estimate of drug-likeness (QED) is 0.535. The molecule has 0 atom stereocenters. The number of para-hydroxylation sites is 1. The Morgan fingerprint density at radius 1 is 1.19 bits per heavy atom. The number of nitriles is 1. The number of fused-ring (bicyclic) bond motifs is 1. The number of rotatable bonds is 2. The van der Waals surface area contributed by atoms with E-state index in [-0.39, 0.29) is 10.8 Å². The maximum absolute atomic E-state index is 9.88. The molecule has 0 saturated heterocycles. The van der Waals surface area contributed by atoms with Crippen molar-refractivity contribution in [2.45, 2.75) is 13.8 Å². The number of phenolic OH excluding ortho intramolecular Hbond substituents is 1. The molecule has 2 aromatic carbocycles. The summed E-state index contributed by atoms with van der Waals surface area (Å²) in [6.07, 6.45) is 0. The fourth-order valence-electron chi connectivity index (χ4n) is 3.31. The van der Waals surface area contributed by atoms with Crippen LogP contribution in [0.2, 0.25) is 5.02 Å². The zero-order chi connectivity index (χ0) is 18.4. The summed E-state index contributed by atoms with van der Waals surface area (Å²) >= 11 is 6.14. The molecule has 4 aromatic rings. The van der Waals surface area contributed by atoms with Crippen molar-refractivity contribution >= 4 is 22.5 Å². The van der Waals surface area contributed by atoms with Crippen LogP contribution in [0.1, 0.15) is 17.0 Å². The SMILES string of the molecule is Cc1noc(C)c1-c1c(C#N)c2ccccc2n1-c1ccc(O)c(Cl)c1. The second-order valence-corrected chi connectivity index (χ2v) is 6.43. The highest BCUT2D eigenvalue weighted by Gasteiger charge is 2.25. The Hall–Kier alpha value is -3.23. The molecule has 0 aliphatic rings. The lowest BCUT2D eigenvalue weighted by atomic mass is 10.0. The molecule has 4 rings (SSSR count). The van der Waals surface area contributed by atoms with Gasteiger partial charge in [-0.15, -0.1) is 0 Å². The third-order valence-electron chi connectivity index (χ3n) is 4.45. The number of hydrogen-bond donors (Lipinski definition) is 1. The first-order chi connectivity index (χ1) is 12.5. The van der Waals surface area contributed by atoms with E-state index in [9.17, 15) is 10.4 Å². The van der Waals surface area contributed by atoms with E-state index in [0.29, 0.717) is 22.7 Å². The molecule has 2 aromatic heterocycles. The Morgan fingerprint density at radius 2 is 1.96 bits per heavy atom. The summed E-state index contributed by atoms with van der Waals surface area (Å²) < 4.78 is 7.29. The summed E-state index contributed by atoms with van der Waals surface area (Å²) in [5.74, 6) is 0.638. The second-order valence-electron chi connectivity index (χ2n) is 6.02. The van der Waals surface area contributed by atoms with Crippen LogP contribution in [0, 0.1) is 25.2 Å². The molecule has 0 bridgehead atoms. The monoisotopic (exact) mass is 363 g/mol. The number of benzene rings is 2. The van der Waals surface area contributed by atoms with Gasteiger partial charge in [0.15, 0.2) is 0 Å². The van der Waals surface area contributed by atoms with Crippen LogP contribution in [0.4, 0.5) is 0 Å². The molecule has 0 spiro atoms. The van der Waals surface area contributed by atoms with E-state index in [2.05, 4.69) is 11.2 Å². The summed E-state index contributed by atoms with van der Waals surface area (Å²) in [5.41, 5.74) is 4.32. The third-order valence-corrected chi connectivity index (χ3v) is 4.75. The van der Waals surface area contributed by atoms with Gasteiger partial charge in [0.25, 0.3) is 0 Å². The smallest absolute Gasteiger partial charge is 0.143 e. The number of hydrogen-bond acceptors (Lipinski definition) is 4. The molecule has 5 nitrogen and oxygen atoms in total. The van der Waals surface area contributed by atoms with Crippen LogP contribution in [-0.4, -0.2) is 14.8 Å². The van der Waals surface area contributed by atoms with E-state index in [4.69, 9.17) is 16.1 Å². The zero-order valence-corrected chi connectivity index (χ0v) is 14.9. The van der Waals surface area contributed by atoms with Crippen LogP contribution < -0.4 is 0 Å². The minimum absolute atomic E-state index is 0.00581. The highest BCUT2D eigenvalue weighted by molar-refractivity contribution is 6.32. The molecular weight excluding hydrogens is 350 g/mol. The van der Waals surface area contributed by atoms with Gasteiger partial charge in [0, 0.05) is 11.1 Å². The van der Waals surface area contributed by atoms with Gasteiger partial charge in [-0.05, 0) is 38.1 Å². The second kappa shape index (κ2) is 5.94. The molecule has 26 heavy (non-hydrogen) atoms. The first-order valence-electron chi connectivity index (χ1n) is 7.98. The zero-order valence-electron chi connectivity index (χ0n) is 14.1. The van der Waals surface area contributed by atoms with Gasteiger partial charge < -0.3 is 14.2 Å². The lowest BCUT2D eigenvalue weighted by Crippen LogP contribution is -1.99. The Labute approximate surface area is 154 Å². The first-order valence-corrected chi connectivity index (χ1v) is 8.36. The van der Waals surface area contributed by atoms with Gasteiger partial charge in [-0.2, -0.15) is 5.26 Å². The van der Waals surface area contributed by atoms with Crippen LogP contribution in [0.25, 0.3) is 27.8 Å². The minimum atomic E-state index is 0.00581. The molecule has 128 valence electrons. The molecule has 0 fully saturated rings. The number of aryl methyl sites for hydroxylation is 2. The highest BCUT2D eigenvalue weighted by atomic mass is 35.5. The van der Waals surface area contributed by atoms with E-state index < -0.39 is 0 Å². The van der Waals surface area contributed by atoms with Crippen LogP contribution in [0.5, 0.6) is 5.75 Å². The minimum Gasteiger partial charge on any atom is -0.506 e. The predicted octanol–water partition coefficient (Wildman–Crippen LogP) is 5.13. The van der Waals surface area contributed by atoms with E-state index >= 15 is 0 Å². The van der Waals surface area contributed by atoms with Gasteiger partial charge in [0.2, 0.25) is 0 Å². The Morgan fingerprint density at radius 3 is 2.62 bits per heavy atom. The summed E-state index contributed by atoms with van der Waals surface area (Å²) in [7, 11) is 0. The standard InChI is InChI=1S/C20H14ClN3O2/c1-11-19(12(2)26-23-11)20-15(10-22)14-5-3-4-6-17(14)24(20)13-7-8-18(25)16(21)9-13/h3-9,25H,1-2H3. The van der Waals surface area contributed by atoms with Crippen molar-refractivity contribution in [3.63, 3.8) is 0 Å². The molecule has 0 unspecified atom stereocenters. The fourth-order valence-corrected chi connectivity index (χ4v) is 3.49. The predicted molar refractivity (Wildman–Crippen MR) is 99.6 cm³/mol. The molecular formula is C20H14ClN3O2. The van der Waals surface area contributed by atoms with Gasteiger partial charge in [-0.25, -0.2) is 0 Å². The topological polar surface area (TPSA) is 75.0 Å². The Bertz CT molecular complexity index is 1180. The molecule has 0 radical (unpaired) electrons. The van der Waals surface area contributed by atoms with Crippen molar-refractivity contribution in [3.05, 3.63) is 64.5 Å². The lowest BCUT2D eigenvalue weighted by molar-refractivity contribution is 0.393.